The number of aliphatic hydroxyl groups is 1. The molecule has 35 heavy (non-hydrogen) atoms. The van der Waals surface area contributed by atoms with Gasteiger partial charge in [-0.3, -0.25) is 28.9 Å². The summed E-state index contributed by atoms with van der Waals surface area (Å²) in [5.74, 6) is -2.49. The van der Waals surface area contributed by atoms with Crippen molar-refractivity contribution < 1.29 is 38.6 Å². The molecule has 2 bridgehead atoms. The predicted octanol–water partition coefficient (Wildman–Crippen LogP) is -0.103. The average molecular weight is 480 g/mol. The number of rotatable bonds is 3. The van der Waals surface area contributed by atoms with Crippen LogP contribution < -0.4 is 0 Å². The molecule has 0 aromatic heterocycles. The zero-order valence-corrected chi connectivity index (χ0v) is 19.9. The summed E-state index contributed by atoms with van der Waals surface area (Å²) in [6.45, 7) is 2.36. The molecular formula is C25H24N2O8. The zero-order chi connectivity index (χ0) is 25.5. The van der Waals surface area contributed by atoms with Crippen LogP contribution in [0.2, 0.25) is 0 Å². The van der Waals surface area contributed by atoms with Crippen LogP contribution in [-0.4, -0.2) is 89.9 Å². The largest absolute Gasteiger partial charge is 0.492 e. The van der Waals surface area contributed by atoms with Crippen LogP contribution >= 0.6 is 0 Å². The number of likely N-dealkylation sites (N-methyl/N-ethyl adjacent to an activating group) is 1. The molecule has 0 aromatic carbocycles. The second-order valence-corrected chi connectivity index (χ2v) is 9.12. The van der Waals surface area contributed by atoms with Crippen LogP contribution in [0.4, 0.5) is 0 Å². The Morgan fingerprint density at radius 1 is 0.914 bits per heavy atom. The number of piperazine rings is 1. The molecule has 1 saturated heterocycles. The molecule has 0 radical (unpaired) electrons. The second kappa shape index (κ2) is 7.69. The van der Waals surface area contributed by atoms with Gasteiger partial charge < -0.3 is 19.5 Å². The van der Waals surface area contributed by atoms with Gasteiger partial charge >= 0.3 is 0 Å². The van der Waals surface area contributed by atoms with E-state index >= 15 is 0 Å². The molecule has 5 rings (SSSR count). The number of carbonyl (C=O) groups is 5. The van der Waals surface area contributed by atoms with Gasteiger partial charge in [0, 0.05) is 45.6 Å². The van der Waals surface area contributed by atoms with Gasteiger partial charge in [0.15, 0.2) is 23.1 Å². The number of aliphatic hydroxyl groups excluding tert-OH is 1. The van der Waals surface area contributed by atoms with E-state index in [1.807, 2.05) is 0 Å². The third-order valence-corrected chi connectivity index (χ3v) is 7.57. The van der Waals surface area contributed by atoms with Crippen molar-refractivity contribution >= 4 is 29.0 Å². The second-order valence-electron chi connectivity index (χ2n) is 9.12. The molecular weight excluding hydrogens is 456 g/mol. The monoisotopic (exact) mass is 480 g/mol. The van der Waals surface area contributed by atoms with Gasteiger partial charge in [0.25, 0.3) is 0 Å². The molecule has 10 nitrogen and oxygen atoms in total. The maximum Gasteiger partial charge on any atom is 0.245 e. The topological polar surface area (TPSA) is 131 Å². The fraction of sp³-hybridized carbons (Fsp3) is 0.400. The van der Waals surface area contributed by atoms with Gasteiger partial charge in [0.1, 0.15) is 0 Å². The molecule has 182 valence electrons. The van der Waals surface area contributed by atoms with Crippen LogP contribution in [0.25, 0.3) is 0 Å². The van der Waals surface area contributed by atoms with E-state index in [1.165, 1.54) is 39.0 Å². The van der Waals surface area contributed by atoms with Crippen molar-refractivity contribution in [2.75, 3.05) is 27.9 Å². The van der Waals surface area contributed by atoms with E-state index in [9.17, 15) is 29.1 Å². The standard InChI is InChI=1S/C25H24N2O8/c1-9-19(29)11-6-13-18-17-12(20(30)10(2)24(35-5)22(17)32)7-14(26(18)3)25(33)27(13)15(8-28)16(11)21(31)23(9)34-4/h6,14-15,18,28H,7-8H2,1-5H3/t14-,15+,18-/m1/s1. The Balaban J connectivity index is 1.76. The number of amides is 1. The van der Waals surface area contributed by atoms with E-state index in [0.717, 1.165) is 0 Å². The fourth-order valence-corrected chi connectivity index (χ4v) is 5.87. The first-order valence-corrected chi connectivity index (χ1v) is 11.1. The average Bonchev–Trinajstić information content (AvgIpc) is 2.83. The minimum absolute atomic E-state index is 0.00309. The maximum absolute atomic E-state index is 13.7. The number of methoxy groups -OCH3 is 2. The summed E-state index contributed by atoms with van der Waals surface area (Å²) in [6, 6.07) is -2.79. The van der Waals surface area contributed by atoms with E-state index < -0.39 is 48.0 Å². The summed E-state index contributed by atoms with van der Waals surface area (Å²) >= 11 is 0. The van der Waals surface area contributed by atoms with Gasteiger partial charge in [-0.25, -0.2) is 0 Å². The molecule has 5 aliphatic rings. The smallest absolute Gasteiger partial charge is 0.245 e. The highest BCUT2D eigenvalue weighted by molar-refractivity contribution is 6.27. The number of Topliss-reactive ketones (excluding diaryl/α,β-unsaturated/α-hetero) is 4. The predicted molar refractivity (Wildman–Crippen MR) is 119 cm³/mol. The minimum Gasteiger partial charge on any atom is -0.492 e. The Morgan fingerprint density at radius 3 is 2.06 bits per heavy atom. The van der Waals surface area contributed by atoms with Gasteiger partial charge in [-0.2, -0.15) is 0 Å². The van der Waals surface area contributed by atoms with Gasteiger partial charge in [0.05, 0.1) is 39.0 Å². The normalized spacial score (nSPS) is 29.0. The van der Waals surface area contributed by atoms with Crippen LogP contribution in [0.3, 0.4) is 0 Å². The molecule has 1 fully saturated rings. The lowest BCUT2D eigenvalue weighted by atomic mass is 9.72. The van der Waals surface area contributed by atoms with E-state index in [0.29, 0.717) is 0 Å². The van der Waals surface area contributed by atoms with Crippen molar-refractivity contribution in [3.63, 3.8) is 0 Å². The molecule has 3 atom stereocenters. The summed E-state index contributed by atoms with van der Waals surface area (Å²) < 4.78 is 10.4. The number of nitrogens with zero attached hydrogens (tertiary/aromatic N) is 2. The molecule has 0 aromatic rings. The van der Waals surface area contributed by atoms with Crippen molar-refractivity contribution in [3.8, 4) is 0 Å². The number of ketones is 4. The Hall–Kier alpha value is -3.63. The Kier molecular flexibility index (Phi) is 5.08. The van der Waals surface area contributed by atoms with E-state index in [-0.39, 0.29) is 62.9 Å². The number of carbonyl (C=O) groups excluding carboxylic acids is 5. The number of allylic oxidation sites excluding steroid dienone is 6. The van der Waals surface area contributed by atoms with Crippen molar-refractivity contribution in [1.82, 2.24) is 9.80 Å². The highest BCUT2D eigenvalue weighted by atomic mass is 16.5. The van der Waals surface area contributed by atoms with Crippen LogP contribution in [0.5, 0.6) is 0 Å². The van der Waals surface area contributed by atoms with Crippen LogP contribution in [0, 0.1) is 0 Å². The van der Waals surface area contributed by atoms with Crippen LogP contribution in [0.1, 0.15) is 20.3 Å². The number of hydrogen-bond donors (Lipinski definition) is 1. The lowest BCUT2D eigenvalue weighted by Crippen LogP contribution is -2.66. The Labute approximate surface area is 200 Å². The van der Waals surface area contributed by atoms with Crippen LogP contribution in [-0.2, 0) is 33.4 Å². The Bertz CT molecular complexity index is 1320. The summed E-state index contributed by atoms with van der Waals surface area (Å²) in [7, 11) is 4.27. The molecule has 2 aliphatic carbocycles. The highest BCUT2D eigenvalue weighted by Gasteiger charge is 2.56. The molecule has 3 heterocycles. The highest BCUT2D eigenvalue weighted by Crippen LogP contribution is 2.47. The molecule has 0 unspecified atom stereocenters. The van der Waals surface area contributed by atoms with Crippen molar-refractivity contribution in [2.24, 2.45) is 0 Å². The summed E-state index contributed by atoms with van der Waals surface area (Å²) in [4.78, 5) is 69.8. The summed E-state index contributed by atoms with van der Waals surface area (Å²) in [5, 5.41) is 10.3. The molecule has 1 amide bonds. The SMILES string of the molecule is COC1=C(C)C(=O)C2=C(C1=O)[C@H]1C3=CC4=C(C(=O)C(OC)=C(C)C4=O)[C@H](CO)N3C(=O)[C@@H](C2)N1C. The quantitative estimate of drug-likeness (QED) is 0.550. The van der Waals surface area contributed by atoms with Gasteiger partial charge in [0.2, 0.25) is 17.5 Å². The van der Waals surface area contributed by atoms with Crippen molar-refractivity contribution in [3.05, 3.63) is 56.7 Å². The number of fused-ring (bicyclic) bond motifs is 5. The van der Waals surface area contributed by atoms with Crippen LogP contribution in [0.15, 0.2) is 56.7 Å². The molecule has 1 N–H and O–H groups in total. The first-order valence-electron chi connectivity index (χ1n) is 11.1. The molecule has 0 saturated carbocycles. The third kappa shape index (κ3) is 2.74. The van der Waals surface area contributed by atoms with E-state index in [4.69, 9.17) is 9.47 Å². The van der Waals surface area contributed by atoms with E-state index in [2.05, 4.69) is 0 Å². The van der Waals surface area contributed by atoms with Gasteiger partial charge in [-0.05, 0) is 27.0 Å². The first kappa shape index (κ1) is 23.1. The number of hydrogen-bond acceptors (Lipinski definition) is 9. The minimum atomic E-state index is -1.14. The lowest BCUT2D eigenvalue weighted by molar-refractivity contribution is -0.144. The Morgan fingerprint density at radius 2 is 1.49 bits per heavy atom. The third-order valence-electron chi connectivity index (χ3n) is 7.57. The number of ether oxygens (including phenoxy) is 2. The summed E-state index contributed by atoms with van der Waals surface area (Å²) in [5.41, 5.74) is 0.996. The lowest BCUT2D eigenvalue weighted by Gasteiger charge is -2.53. The van der Waals surface area contributed by atoms with Crippen molar-refractivity contribution in [1.29, 1.82) is 0 Å². The zero-order valence-electron chi connectivity index (χ0n) is 19.9. The van der Waals surface area contributed by atoms with E-state index in [1.54, 1.807) is 11.9 Å². The van der Waals surface area contributed by atoms with Crippen molar-refractivity contribution in [2.45, 2.75) is 38.4 Å². The molecule has 0 spiro atoms. The summed E-state index contributed by atoms with van der Waals surface area (Å²) in [6.07, 6.45) is 1.43. The van der Waals surface area contributed by atoms with Gasteiger partial charge in [-0.1, -0.05) is 0 Å². The molecule has 10 heteroatoms. The van der Waals surface area contributed by atoms with Gasteiger partial charge in [-0.15, -0.1) is 0 Å². The molecule has 3 aliphatic heterocycles. The first-order chi connectivity index (χ1) is 16.6. The fourth-order valence-electron chi connectivity index (χ4n) is 5.87. The maximum atomic E-state index is 13.7.